The van der Waals surface area contributed by atoms with E-state index >= 15 is 0 Å². The van der Waals surface area contributed by atoms with Crippen molar-refractivity contribution in [2.24, 2.45) is 17.6 Å². The molecule has 0 amide bonds. The van der Waals surface area contributed by atoms with Gasteiger partial charge in [-0.1, -0.05) is 27.7 Å². The Morgan fingerprint density at radius 2 is 1.71 bits per heavy atom. The molecule has 14 heavy (non-hydrogen) atoms. The number of carbonyl (C=O) groups is 1. The number of hydrogen-bond acceptors (Lipinski definition) is 3. The largest absolute Gasteiger partial charge is 0.461 e. The second kappa shape index (κ2) is 6.02. The van der Waals surface area contributed by atoms with Crippen molar-refractivity contribution in [3.05, 3.63) is 0 Å². The van der Waals surface area contributed by atoms with Gasteiger partial charge in [-0.15, -0.1) is 0 Å². The third kappa shape index (κ3) is 5.22. The molecular weight excluding hydrogens is 178 g/mol. The maximum absolute atomic E-state index is 11.4. The molecule has 0 aromatic rings. The predicted octanol–water partition coefficient (Wildman–Crippen LogP) is 1.95. The molecule has 0 spiro atoms. The summed E-state index contributed by atoms with van der Waals surface area (Å²) >= 11 is 0. The number of hydrogen-bond donors (Lipinski definition) is 1. The van der Waals surface area contributed by atoms with Gasteiger partial charge >= 0.3 is 5.97 Å². The molecule has 0 aliphatic rings. The van der Waals surface area contributed by atoms with E-state index in [0.717, 1.165) is 0 Å². The normalized spacial score (nSPS) is 15.7. The Hall–Kier alpha value is -0.570. The van der Waals surface area contributed by atoms with Crippen LogP contribution in [0.5, 0.6) is 0 Å². The fourth-order valence-corrected chi connectivity index (χ4v) is 1.01. The van der Waals surface area contributed by atoms with E-state index in [1.165, 1.54) is 0 Å². The molecule has 0 aliphatic heterocycles. The lowest BCUT2D eigenvalue weighted by atomic mass is 10.0. The van der Waals surface area contributed by atoms with Crippen LogP contribution < -0.4 is 5.73 Å². The summed E-state index contributed by atoms with van der Waals surface area (Å²) < 4.78 is 5.21. The first-order valence-electron chi connectivity index (χ1n) is 5.30. The monoisotopic (exact) mass is 201 g/mol. The Balaban J connectivity index is 3.95. The lowest BCUT2D eigenvalue weighted by Gasteiger charge is -2.20. The van der Waals surface area contributed by atoms with Gasteiger partial charge in [-0.2, -0.15) is 0 Å². The number of rotatable bonds is 5. The summed E-state index contributed by atoms with van der Waals surface area (Å²) in [6.45, 7) is 10.0. The fourth-order valence-electron chi connectivity index (χ4n) is 1.01. The van der Waals surface area contributed by atoms with Gasteiger partial charge in [0.2, 0.25) is 0 Å². The van der Waals surface area contributed by atoms with Crippen molar-refractivity contribution in [2.45, 2.75) is 53.2 Å². The van der Waals surface area contributed by atoms with E-state index in [1.807, 2.05) is 34.6 Å². The average molecular weight is 201 g/mol. The van der Waals surface area contributed by atoms with Gasteiger partial charge in [0.1, 0.15) is 12.1 Å². The van der Waals surface area contributed by atoms with Crippen LogP contribution in [0.2, 0.25) is 0 Å². The zero-order valence-electron chi connectivity index (χ0n) is 9.91. The first-order chi connectivity index (χ1) is 6.34. The SMILES string of the molecule is CC(C)C[C@@H](N)C(=O)O[C@H](C)C(C)C. The Kier molecular flexibility index (Phi) is 5.77. The Morgan fingerprint density at radius 3 is 2.07 bits per heavy atom. The van der Waals surface area contributed by atoms with Crippen molar-refractivity contribution in [1.82, 2.24) is 0 Å². The zero-order chi connectivity index (χ0) is 11.3. The number of nitrogens with two attached hydrogens (primary N) is 1. The van der Waals surface area contributed by atoms with E-state index in [0.29, 0.717) is 18.3 Å². The van der Waals surface area contributed by atoms with Crippen LogP contribution in [0, 0.1) is 11.8 Å². The second-order valence-electron chi connectivity index (χ2n) is 4.62. The molecule has 0 bridgehead atoms. The van der Waals surface area contributed by atoms with Crippen LogP contribution in [0.4, 0.5) is 0 Å². The highest BCUT2D eigenvalue weighted by molar-refractivity contribution is 5.75. The predicted molar refractivity (Wildman–Crippen MR) is 57.8 cm³/mol. The molecule has 0 radical (unpaired) electrons. The van der Waals surface area contributed by atoms with Gasteiger partial charge < -0.3 is 10.5 Å². The summed E-state index contributed by atoms with van der Waals surface area (Å²) in [6.07, 6.45) is 0.629. The summed E-state index contributed by atoms with van der Waals surface area (Å²) in [7, 11) is 0. The average Bonchev–Trinajstić information content (AvgIpc) is 2.02. The standard InChI is InChI=1S/C11H23NO2/c1-7(2)6-10(12)11(13)14-9(5)8(3)4/h7-10H,6,12H2,1-5H3/t9-,10-/m1/s1. The summed E-state index contributed by atoms with van der Waals surface area (Å²) in [5.74, 6) is 0.483. The van der Waals surface area contributed by atoms with Crippen LogP contribution in [-0.4, -0.2) is 18.1 Å². The van der Waals surface area contributed by atoms with Gasteiger partial charge in [-0.05, 0) is 25.2 Å². The van der Waals surface area contributed by atoms with E-state index in [9.17, 15) is 4.79 Å². The van der Waals surface area contributed by atoms with Crippen molar-refractivity contribution in [2.75, 3.05) is 0 Å². The van der Waals surface area contributed by atoms with E-state index in [4.69, 9.17) is 10.5 Å². The molecule has 0 aromatic carbocycles. The Labute approximate surface area is 87.0 Å². The Morgan fingerprint density at radius 1 is 1.21 bits per heavy atom. The third-order valence-corrected chi connectivity index (χ3v) is 2.27. The first-order valence-corrected chi connectivity index (χ1v) is 5.30. The van der Waals surface area contributed by atoms with Crippen molar-refractivity contribution in [3.8, 4) is 0 Å². The highest BCUT2D eigenvalue weighted by Crippen LogP contribution is 2.09. The van der Waals surface area contributed by atoms with E-state index in [-0.39, 0.29) is 12.1 Å². The number of carbonyl (C=O) groups excluding carboxylic acids is 1. The summed E-state index contributed by atoms with van der Waals surface area (Å²) in [5.41, 5.74) is 5.69. The van der Waals surface area contributed by atoms with Crippen LogP contribution in [0.3, 0.4) is 0 Å². The third-order valence-electron chi connectivity index (χ3n) is 2.27. The van der Waals surface area contributed by atoms with Crippen LogP contribution in [0.1, 0.15) is 41.0 Å². The molecule has 0 saturated heterocycles. The van der Waals surface area contributed by atoms with Crippen molar-refractivity contribution >= 4 is 5.97 Å². The van der Waals surface area contributed by atoms with Crippen LogP contribution in [-0.2, 0) is 9.53 Å². The molecule has 2 N–H and O–H groups in total. The van der Waals surface area contributed by atoms with E-state index < -0.39 is 6.04 Å². The highest BCUT2D eigenvalue weighted by Gasteiger charge is 2.20. The Bertz CT molecular complexity index is 178. The molecule has 0 aromatic heterocycles. The minimum absolute atomic E-state index is 0.0549. The maximum atomic E-state index is 11.4. The quantitative estimate of drug-likeness (QED) is 0.692. The molecule has 0 fully saturated rings. The minimum Gasteiger partial charge on any atom is -0.461 e. The van der Waals surface area contributed by atoms with Gasteiger partial charge in [0.05, 0.1) is 0 Å². The second-order valence-corrected chi connectivity index (χ2v) is 4.62. The van der Waals surface area contributed by atoms with Gasteiger partial charge in [0.15, 0.2) is 0 Å². The van der Waals surface area contributed by atoms with Crippen molar-refractivity contribution in [3.63, 3.8) is 0 Å². The molecule has 0 saturated carbocycles. The lowest BCUT2D eigenvalue weighted by molar-refractivity contribution is -0.152. The number of esters is 1. The highest BCUT2D eigenvalue weighted by atomic mass is 16.5. The minimum atomic E-state index is -0.476. The number of ether oxygens (including phenoxy) is 1. The maximum Gasteiger partial charge on any atom is 0.323 e. The van der Waals surface area contributed by atoms with Crippen LogP contribution >= 0.6 is 0 Å². The van der Waals surface area contributed by atoms with Crippen LogP contribution in [0.15, 0.2) is 0 Å². The van der Waals surface area contributed by atoms with E-state index in [2.05, 4.69) is 0 Å². The molecule has 0 unspecified atom stereocenters. The van der Waals surface area contributed by atoms with Gasteiger partial charge in [0.25, 0.3) is 0 Å². The summed E-state index contributed by atoms with van der Waals surface area (Å²) in [4.78, 5) is 11.4. The molecule has 0 heterocycles. The zero-order valence-corrected chi connectivity index (χ0v) is 9.91. The van der Waals surface area contributed by atoms with E-state index in [1.54, 1.807) is 0 Å². The van der Waals surface area contributed by atoms with Crippen LogP contribution in [0.25, 0.3) is 0 Å². The van der Waals surface area contributed by atoms with Gasteiger partial charge in [0, 0.05) is 0 Å². The molecule has 0 aliphatic carbocycles. The molecule has 0 rings (SSSR count). The lowest BCUT2D eigenvalue weighted by Crippen LogP contribution is -2.36. The van der Waals surface area contributed by atoms with Gasteiger partial charge in [-0.25, -0.2) is 0 Å². The molecule has 84 valence electrons. The first kappa shape index (κ1) is 13.4. The topological polar surface area (TPSA) is 52.3 Å². The van der Waals surface area contributed by atoms with Crippen molar-refractivity contribution in [1.29, 1.82) is 0 Å². The molecule has 3 nitrogen and oxygen atoms in total. The smallest absolute Gasteiger partial charge is 0.323 e. The molecular formula is C11H23NO2. The van der Waals surface area contributed by atoms with Gasteiger partial charge in [-0.3, -0.25) is 4.79 Å². The summed E-state index contributed by atoms with van der Waals surface area (Å²) in [5, 5.41) is 0. The molecule has 3 heteroatoms. The summed E-state index contributed by atoms with van der Waals surface area (Å²) in [6, 6.07) is -0.476. The van der Waals surface area contributed by atoms with Crippen molar-refractivity contribution < 1.29 is 9.53 Å². The fraction of sp³-hybridized carbons (Fsp3) is 0.909. The molecule has 2 atom stereocenters.